The Bertz CT molecular complexity index is 2460. The molecule has 0 bridgehead atoms. The maximum atomic E-state index is 6.16. The molecule has 2 aromatic heterocycles. The van der Waals surface area contributed by atoms with Crippen LogP contribution in [0.15, 0.2) is 150 Å². The highest BCUT2D eigenvalue weighted by atomic mass is 16.3. The van der Waals surface area contributed by atoms with E-state index in [4.69, 9.17) is 9.40 Å². The van der Waals surface area contributed by atoms with Gasteiger partial charge in [-0.2, -0.15) is 0 Å². The summed E-state index contributed by atoms with van der Waals surface area (Å²) in [6, 6.07) is 49.9. The Morgan fingerprint density at radius 1 is 0.617 bits per heavy atom. The Morgan fingerprint density at radius 3 is 2.02 bits per heavy atom. The first-order chi connectivity index (χ1) is 23.2. The van der Waals surface area contributed by atoms with Gasteiger partial charge in [0.25, 0.3) is 0 Å². The largest absolute Gasteiger partial charge is 0.436 e. The van der Waals surface area contributed by atoms with Gasteiger partial charge >= 0.3 is 0 Å². The quantitative estimate of drug-likeness (QED) is 0.196. The summed E-state index contributed by atoms with van der Waals surface area (Å²) in [5.74, 6) is 0.646. The zero-order valence-electron chi connectivity index (χ0n) is 26.2. The highest BCUT2D eigenvalue weighted by molar-refractivity contribution is 5.99. The maximum Gasteiger partial charge on any atom is 0.227 e. The van der Waals surface area contributed by atoms with E-state index in [0.29, 0.717) is 5.89 Å². The molecule has 0 fully saturated rings. The Hall–Kier alpha value is -5.93. The van der Waals surface area contributed by atoms with E-state index in [1.807, 2.05) is 12.1 Å². The van der Waals surface area contributed by atoms with Crippen LogP contribution < -0.4 is 0 Å². The number of nitrogens with zero attached hydrogens (tertiary/aromatic N) is 2. The van der Waals surface area contributed by atoms with Crippen molar-refractivity contribution in [2.45, 2.75) is 19.8 Å². The summed E-state index contributed by atoms with van der Waals surface area (Å²) in [6.45, 7) is 2.05. The van der Waals surface area contributed by atoms with Crippen molar-refractivity contribution in [3.8, 4) is 50.5 Å². The van der Waals surface area contributed by atoms with Crippen LogP contribution in [0.2, 0.25) is 0 Å². The Morgan fingerprint density at radius 2 is 1.28 bits per heavy atom. The molecule has 224 valence electrons. The lowest BCUT2D eigenvalue weighted by Crippen LogP contribution is -2.02. The van der Waals surface area contributed by atoms with Gasteiger partial charge < -0.3 is 8.98 Å². The molecule has 0 spiro atoms. The number of para-hydroxylation sites is 2. The summed E-state index contributed by atoms with van der Waals surface area (Å²) in [5.41, 5.74) is 16.2. The molecule has 9 rings (SSSR count). The van der Waals surface area contributed by atoms with Gasteiger partial charge in [-0.3, -0.25) is 0 Å². The van der Waals surface area contributed by atoms with Gasteiger partial charge in [0.15, 0.2) is 5.58 Å². The van der Waals surface area contributed by atoms with Gasteiger partial charge in [0.1, 0.15) is 5.52 Å². The summed E-state index contributed by atoms with van der Waals surface area (Å²) >= 11 is 0. The molecule has 3 nitrogen and oxygen atoms in total. The fraction of sp³-hybridized carbons (Fsp3) is 0.0682. The maximum absolute atomic E-state index is 6.16. The van der Waals surface area contributed by atoms with Crippen LogP contribution in [0.1, 0.15) is 23.2 Å². The summed E-state index contributed by atoms with van der Waals surface area (Å²) < 4.78 is 8.61. The minimum atomic E-state index is 0.646. The predicted molar refractivity (Wildman–Crippen MR) is 195 cm³/mol. The van der Waals surface area contributed by atoms with Gasteiger partial charge in [-0.1, -0.05) is 109 Å². The van der Waals surface area contributed by atoms with Gasteiger partial charge in [-0.05, 0) is 101 Å². The van der Waals surface area contributed by atoms with Crippen molar-refractivity contribution in [3.05, 3.63) is 162 Å². The molecular weight excluding hydrogens is 572 g/mol. The number of fused-ring (bicyclic) bond motifs is 4. The van der Waals surface area contributed by atoms with E-state index in [1.165, 1.54) is 55.7 Å². The van der Waals surface area contributed by atoms with Crippen LogP contribution in [0.4, 0.5) is 0 Å². The average Bonchev–Trinajstić information content (AvgIpc) is 3.73. The molecule has 0 atom stereocenters. The second kappa shape index (κ2) is 11.1. The fourth-order valence-electron chi connectivity index (χ4n) is 7.20. The molecule has 3 heteroatoms. The van der Waals surface area contributed by atoms with Crippen molar-refractivity contribution in [3.63, 3.8) is 0 Å². The number of oxazole rings is 1. The molecular formula is C44H32N2O. The summed E-state index contributed by atoms with van der Waals surface area (Å²) in [4.78, 5) is 4.75. The molecule has 2 heterocycles. The molecule has 0 radical (unpaired) electrons. The number of hydrogen-bond donors (Lipinski definition) is 0. The lowest BCUT2D eigenvalue weighted by atomic mass is 9.88. The predicted octanol–water partition coefficient (Wildman–Crippen LogP) is 11.7. The molecule has 0 N–H and O–H groups in total. The highest BCUT2D eigenvalue weighted by Gasteiger charge is 2.20. The molecule has 1 aliphatic carbocycles. The van der Waals surface area contributed by atoms with Crippen LogP contribution in [-0.2, 0) is 6.42 Å². The van der Waals surface area contributed by atoms with E-state index < -0.39 is 0 Å². The van der Waals surface area contributed by atoms with Crippen molar-refractivity contribution >= 4 is 28.1 Å². The first-order valence-corrected chi connectivity index (χ1v) is 16.3. The monoisotopic (exact) mass is 604 g/mol. The fourth-order valence-corrected chi connectivity index (χ4v) is 7.20. The third-order valence-corrected chi connectivity index (χ3v) is 9.47. The van der Waals surface area contributed by atoms with Crippen LogP contribution >= 0.6 is 0 Å². The zero-order valence-corrected chi connectivity index (χ0v) is 26.2. The molecule has 0 aliphatic heterocycles. The van der Waals surface area contributed by atoms with Gasteiger partial charge in [-0.25, -0.2) is 4.98 Å². The minimum Gasteiger partial charge on any atom is -0.436 e. The normalized spacial score (nSPS) is 12.5. The third kappa shape index (κ3) is 4.62. The molecule has 0 amide bonds. The van der Waals surface area contributed by atoms with Crippen molar-refractivity contribution in [2.24, 2.45) is 0 Å². The molecule has 47 heavy (non-hydrogen) atoms. The van der Waals surface area contributed by atoms with Gasteiger partial charge in [0.2, 0.25) is 5.89 Å². The van der Waals surface area contributed by atoms with E-state index in [2.05, 4.69) is 151 Å². The second-order valence-corrected chi connectivity index (χ2v) is 12.3. The van der Waals surface area contributed by atoms with Gasteiger partial charge in [0.05, 0.1) is 5.52 Å². The van der Waals surface area contributed by atoms with E-state index in [-0.39, 0.29) is 0 Å². The number of benzene rings is 6. The first kappa shape index (κ1) is 27.4. The number of rotatable bonds is 5. The highest BCUT2D eigenvalue weighted by Crippen LogP contribution is 2.41. The van der Waals surface area contributed by atoms with E-state index in [9.17, 15) is 0 Å². The molecule has 6 aromatic carbocycles. The van der Waals surface area contributed by atoms with Crippen molar-refractivity contribution < 1.29 is 4.42 Å². The van der Waals surface area contributed by atoms with Crippen LogP contribution in [0.25, 0.3) is 78.6 Å². The molecule has 1 aliphatic rings. The Balaban J connectivity index is 1.13. The number of aromatic nitrogens is 2. The minimum absolute atomic E-state index is 0.646. The molecule has 8 aromatic rings. The van der Waals surface area contributed by atoms with Crippen molar-refractivity contribution in [1.29, 1.82) is 0 Å². The Labute approximate surface area is 274 Å². The van der Waals surface area contributed by atoms with Crippen LogP contribution in [-0.4, -0.2) is 9.55 Å². The van der Waals surface area contributed by atoms with Gasteiger partial charge in [-0.15, -0.1) is 0 Å². The SMILES string of the molecule is Cc1cccc2nc(-c3ccc(-c4ccccc4-c4ccccc4-c4ccc5c(c4)c4c(n5-c5ccccc5)CCC=C4)cc3)oc12. The summed E-state index contributed by atoms with van der Waals surface area (Å²) in [6.07, 6.45) is 6.74. The zero-order chi connectivity index (χ0) is 31.3. The standard InChI is InChI=1S/C44H32N2O/c1-29-12-11-20-40-43(29)47-44(45-40)31-24-22-30(23-25-31)34-15-5-7-17-36(34)37-18-8-6-16-35(37)32-26-27-42-39(28-32)38-19-9-10-21-41(38)46(42)33-13-3-2-4-14-33/h2-9,11-20,22-28H,10,21H2,1H3. The molecule has 0 unspecified atom stereocenters. The van der Waals surface area contributed by atoms with Crippen LogP contribution in [0, 0.1) is 6.92 Å². The van der Waals surface area contributed by atoms with Crippen molar-refractivity contribution in [1.82, 2.24) is 9.55 Å². The van der Waals surface area contributed by atoms with E-state index in [0.717, 1.165) is 40.6 Å². The molecule has 0 saturated heterocycles. The topological polar surface area (TPSA) is 31.0 Å². The van der Waals surface area contributed by atoms with E-state index >= 15 is 0 Å². The third-order valence-electron chi connectivity index (χ3n) is 9.47. The second-order valence-electron chi connectivity index (χ2n) is 12.3. The van der Waals surface area contributed by atoms with Crippen LogP contribution in [0.3, 0.4) is 0 Å². The Kier molecular flexibility index (Phi) is 6.50. The molecule has 0 saturated carbocycles. The number of hydrogen-bond acceptors (Lipinski definition) is 2. The average molecular weight is 605 g/mol. The first-order valence-electron chi connectivity index (χ1n) is 16.3. The number of allylic oxidation sites excluding steroid dienone is 1. The van der Waals surface area contributed by atoms with E-state index in [1.54, 1.807) is 0 Å². The lowest BCUT2D eigenvalue weighted by molar-refractivity contribution is 0.617. The summed E-state index contributed by atoms with van der Waals surface area (Å²) in [5, 5.41) is 1.30. The number of aryl methyl sites for hydroxylation is 1. The smallest absolute Gasteiger partial charge is 0.227 e. The lowest BCUT2D eigenvalue weighted by Gasteiger charge is -2.15. The summed E-state index contributed by atoms with van der Waals surface area (Å²) in [7, 11) is 0. The van der Waals surface area contributed by atoms with Gasteiger partial charge in [0, 0.05) is 27.9 Å². The van der Waals surface area contributed by atoms with Crippen molar-refractivity contribution in [2.75, 3.05) is 0 Å². The van der Waals surface area contributed by atoms with Crippen LogP contribution in [0.5, 0.6) is 0 Å².